The molecule has 0 amide bonds. The molecular formula is C12H14F3N5. The predicted octanol–water partition coefficient (Wildman–Crippen LogP) is 1.85. The average Bonchev–Trinajstić information content (AvgIpc) is 2.83. The molecule has 0 bridgehead atoms. The van der Waals surface area contributed by atoms with E-state index in [1.54, 1.807) is 6.07 Å². The lowest BCUT2D eigenvalue weighted by atomic mass is 10.1. The van der Waals surface area contributed by atoms with Gasteiger partial charge in [-0.2, -0.15) is 13.2 Å². The first-order chi connectivity index (χ1) is 9.52. The summed E-state index contributed by atoms with van der Waals surface area (Å²) in [5, 5.41) is 14.1. The molecule has 108 valence electrons. The lowest BCUT2D eigenvalue weighted by Crippen LogP contribution is -2.18. The molecule has 0 atom stereocenters. The quantitative estimate of drug-likeness (QED) is 0.911. The normalized spacial score (nSPS) is 11.8. The molecule has 1 heterocycles. The highest BCUT2D eigenvalue weighted by Gasteiger charge is 2.33. The molecule has 0 saturated carbocycles. The molecule has 8 heteroatoms. The molecule has 0 aliphatic heterocycles. The first-order valence-corrected chi connectivity index (χ1v) is 6.13. The van der Waals surface area contributed by atoms with Gasteiger partial charge in [0, 0.05) is 0 Å². The Morgan fingerprint density at radius 3 is 2.70 bits per heavy atom. The molecule has 0 fully saturated rings. The molecular weight excluding hydrogens is 271 g/mol. The van der Waals surface area contributed by atoms with Crippen molar-refractivity contribution in [1.82, 2.24) is 25.5 Å². The SMILES string of the molecule is CCNCc1nnnn1Cc1ccccc1C(F)(F)F. The van der Waals surface area contributed by atoms with E-state index in [1.165, 1.54) is 16.8 Å². The molecule has 0 spiro atoms. The van der Waals surface area contributed by atoms with Crippen LogP contribution in [0, 0.1) is 0 Å². The van der Waals surface area contributed by atoms with E-state index in [9.17, 15) is 13.2 Å². The van der Waals surface area contributed by atoms with Gasteiger partial charge >= 0.3 is 6.18 Å². The Hall–Kier alpha value is -1.96. The van der Waals surface area contributed by atoms with E-state index in [0.717, 1.165) is 12.6 Å². The standard InChI is InChI=1S/C12H14F3N5/c1-2-16-7-11-17-18-19-20(11)8-9-5-3-4-6-10(9)12(13,14)15/h3-6,16H,2,7-8H2,1H3. The van der Waals surface area contributed by atoms with Gasteiger partial charge in [0.25, 0.3) is 0 Å². The van der Waals surface area contributed by atoms with Gasteiger partial charge in [-0.3, -0.25) is 0 Å². The summed E-state index contributed by atoms with van der Waals surface area (Å²) in [6.07, 6.45) is -4.38. The molecule has 5 nitrogen and oxygen atoms in total. The highest BCUT2D eigenvalue weighted by atomic mass is 19.4. The molecule has 1 N–H and O–H groups in total. The van der Waals surface area contributed by atoms with Crippen molar-refractivity contribution in [2.45, 2.75) is 26.2 Å². The molecule has 20 heavy (non-hydrogen) atoms. The number of hydrogen-bond donors (Lipinski definition) is 1. The number of halogens is 3. The molecule has 0 aliphatic rings. The maximum absolute atomic E-state index is 12.9. The van der Waals surface area contributed by atoms with Gasteiger partial charge in [-0.05, 0) is 28.6 Å². The third-order valence-electron chi connectivity index (χ3n) is 2.78. The fraction of sp³-hybridized carbons (Fsp3) is 0.417. The topological polar surface area (TPSA) is 55.6 Å². The van der Waals surface area contributed by atoms with Crippen LogP contribution in [0.4, 0.5) is 13.2 Å². The van der Waals surface area contributed by atoms with Crippen LogP contribution in [0.3, 0.4) is 0 Å². The van der Waals surface area contributed by atoms with Gasteiger partial charge in [-0.25, -0.2) is 4.68 Å². The number of nitrogens with one attached hydrogen (secondary N) is 1. The van der Waals surface area contributed by atoms with Gasteiger partial charge in [-0.15, -0.1) is 5.10 Å². The lowest BCUT2D eigenvalue weighted by molar-refractivity contribution is -0.138. The first-order valence-electron chi connectivity index (χ1n) is 6.13. The number of nitrogens with zero attached hydrogens (tertiary/aromatic N) is 4. The second-order valence-corrected chi connectivity index (χ2v) is 4.19. The molecule has 0 aliphatic carbocycles. The van der Waals surface area contributed by atoms with Crippen molar-refractivity contribution in [2.24, 2.45) is 0 Å². The zero-order chi connectivity index (χ0) is 14.6. The van der Waals surface area contributed by atoms with Crippen LogP contribution in [0.25, 0.3) is 0 Å². The summed E-state index contributed by atoms with van der Waals surface area (Å²) in [7, 11) is 0. The Bertz CT molecular complexity index is 564. The predicted molar refractivity (Wildman–Crippen MR) is 65.7 cm³/mol. The van der Waals surface area contributed by atoms with Gasteiger partial charge in [0.15, 0.2) is 5.82 Å². The number of tetrazole rings is 1. The smallest absolute Gasteiger partial charge is 0.310 e. The molecule has 0 radical (unpaired) electrons. The van der Waals surface area contributed by atoms with Gasteiger partial charge in [0.2, 0.25) is 0 Å². The Labute approximate surface area is 113 Å². The highest BCUT2D eigenvalue weighted by molar-refractivity contribution is 5.29. The summed E-state index contributed by atoms with van der Waals surface area (Å²) in [4.78, 5) is 0. The molecule has 2 aromatic rings. The van der Waals surface area contributed by atoms with Crippen LogP contribution in [0.1, 0.15) is 23.9 Å². The van der Waals surface area contributed by atoms with Gasteiger partial charge in [-0.1, -0.05) is 25.1 Å². The van der Waals surface area contributed by atoms with Crippen molar-refractivity contribution >= 4 is 0 Å². The van der Waals surface area contributed by atoms with E-state index in [-0.39, 0.29) is 12.1 Å². The van der Waals surface area contributed by atoms with E-state index < -0.39 is 11.7 Å². The zero-order valence-corrected chi connectivity index (χ0v) is 10.9. The summed E-state index contributed by atoms with van der Waals surface area (Å²) < 4.78 is 40.1. The largest absolute Gasteiger partial charge is 0.416 e. The third kappa shape index (κ3) is 3.32. The number of rotatable bonds is 5. The summed E-state index contributed by atoms with van der Waals surface area (Å²) in [6.45, 7) is 3.06. The summed E-state index contributed by atoms with van der Waals surface area (Å²) in [6, 6.07) is 5.43. The van der Waals surface area contributed by atoms with Crippen molar-refractivity contribution in [1.29, 1.82) is 0 Å². The van der Waals surface area contributed by atoms with Crippen LogP contribution in [-0.2, 0) is 19.3 Å². The van der Waals surface area contributed by atoms with Gasteiger partial charge < -0.3 is 5.32 Å². The molecule has 2 rings (SSSR count). The van der Waals surface area contributed by atoms with Crippen molar-refractivity contribution in [3.05, 3.63) is 41.2 Å². The Balaban J connectivity index is 2.25. The average molecular weight is 285 g/mol. The monoisotopic (exact) mass is 285 g/mol. The molecule has 1 aromatic carbocycles. The van der Waals surface area contributed by atoms with Crippen LogP contribution in [0.15, 0.2) is 24.3 Å². The third-order valence-corrected chi connectivity index (χ3v) is 2.78. The van der Waals surface area contributed by atoms with Crippen LogP contribution >= 0.6 is 0 Å². The fourth-order valence-electron chi connectivity index (χ4n) is 1.81. The second kappa shape index (κ2) is 6.00. The summed E-state index contributed by atoms with van der Waals surface area (Å²) in [5.74, 6) is 0.504. The van der Waals surface area contributed by atoms with E-state index >= 15 is 0 Å². The Morgan fingerprint density at radius 2 is 2.00 bits per heavy atom. The van der Waals surface area contributed by atoms with Crippen LogP contribution in [0.5, 0.6) is 0 Å². The van der Waals surface area contributed by atoms with Gasteiger partial charge in [0.05, 0.1) is 18.7 Å². The van der Waals surface area contributed by atoms with Crippen molar-refractivity contribution in [3.63, 3.8) is 0 Å². The van der Waals surface area contributed by atoms with Crippen molar-refractivity contribution in [3.8, 4) is 0 Å². The Kier molecular flexibility index (Phi) is 4.33. The van der Waals surface area contributed by atoms with E-state index in [2.05, 4.69) is 20.8 Å². The summed E-state index contributed by atoms with van der Waals surface area (Å²) >= 11 is 0. The minimum Gasteiger partial charge on any atom is -0.310 e. The molecule has 0 unspecified atom stereocenters. The number of benzene rings is 1. The van der Waals surface area contributed by atoms with E-state index in [4.69, 9.17) is 0 Å². The maximum Gasteiger partial charge on any atom is 0.416 e. The minimum atomic E-state index is -4.38. The highest BCUT2D eigenvalue weighted by Crippen LogP contribution is 2.32. The number of alkyl halides is 3. The van der Waals surface area contributed by atoms with Crippen LogP contribution in [-0.4, -0.2) is 26.8 Å². The van der Waals surface area contributed by atoms with Crippen molar-refractivity contribution in [2.75, 3.05) is 6.54 Å². The number of aromatic nitrogens is 4. The zero-order valence-electron chi connectivity index (χ0n) is 10.9. The van der Waals surface area contributed by atoms with Crippen LogP contribution in [0.2, 0.25) is 0 Å². The fourth-order valence-corrected chi connectivity index (χ4v) is 1.81. The second-order valence-electron chi connectivity index (χ2n) is 4.19. The number of hydrogen-bond acceptors (Lipinski definition) is 4. The molecule has 0 saturated heterocycles. The van der Waals surface area contributed by atoms with E-state index in [0.29, 0.717) is 12.4 Å². The Morgan fingerprint density at radius 1 is 1.25 bits per heavy atom. The maximum atomic E-state index is 12.9. The van der Waals surface area contributed by atoms with Crippen molar-refractivity contribution < 1.29 is 13.2 Å². The first kappa shape index (κ1) is 14.4. The lowest BCUT2D eigenvalue weighted by Gasteiger charge is -2.13. The van der Waals surface area contributed by atoms with Gasteiger partial charge in [0.1, 0.15) is 0 Å². The molecule has 1 aromatic heterocycles. The van der Waals surface area contributed by atoms with E-state index in [1.807, 2.05) is 6.92 Å². The minimum absolute atomic E-state index is 0.0105. The summed E-state index contributed by atoms with van der Waals surface area (Å²) in [5.41, 5.74) is -0.519. The van der Waals surface area contributed by atoms with Crippen LogP contribution < -0.4 is 5.32 Å².